The van der Waals surface area contributed by atoms with Gasteiger partial charge in [0.2, 0.25) is 5.91 Å². The predicted molar refractivity (Wildman–Crippen MR) is 89.1 cm³/mol. The van der Waals surface area contributed by atoms with Gasteiger partial charge < -0.3 is 9.88 Å². The molecular weight excluding hydrogens is 292 g/mol. The first kappa shape index (κ1) is 15.7. The number of likely N-dealkylation sites (N-methyl/N-ethyl adjacent to an activating group) is 1. The summed E-state index contributed by atoms with van der Waals surface area (Å²) in [6, 6.07) is 7.04. The molecule has 1 N–H and O–H groups in total. The van der Waals surface area contributed by atoms with Gasteiger partial charge in [0.25, 0.3) is 5.56 Å². The fourth-order valence-electron chi connectivity index (χ4n) is 2.97. The highest BCUT2D eigenvalue weighted by molar-refractivity contribution is 5.81. The Kier molecular flexibility index (Phi) is 4.43. The number of benzene rings is 1. The third kappa shape index (κ3) is 3.27. The quantitative estimate of drug-likeness (QED) is 0.925. The summed E-state index contributed by atoms with van der Waals surface area (Å²) in [5.41, 5.74) is 0.538. The van der Waals surface area contributed by atoms with Gasteiger partial charge in [-0.3, -0.25) is 14.5 Å². The van der Waals surface area contributed by atoms with Gasteiger partial charge in [0.1, 0.15) is 5.82 Å². The zero-order chi connectivity index (χ0) is 16.4. The molecule has 1 aliphatic rings. The Morgan fingerprint density at radius 3 is 2.78 bits per heavy atom. The number of amides is 1. The first-order valence-corrected chi connectivity index (χ1v) is 8.03. The molecule has 1 aliphatic heterocycles. The molecule has 122 valence electrons. The molecule has 6 heteroatoms. The van der Waals surface area contributed by atoms with Crippen LogP contribution in [0.2, 0.25) is 0 Å². The Balaban J connectivity index is 1.75. The highest BCUT2D eigenvalue weighted by Crippen LogP contribution is 2.13. The number of nitrogens with zero attached hydrogens (tertiary/aromatic N) is 3. The van der Waals surface area contributed by atoms with Crippen molar-refractivity contribution in [2.45, 2.75) is 32.4 Å². The second-order valence-corrected chi connectivity index (χ2v) is 6.15. The van der Waals surface area contributed by atoms with E-state index in [1.54, 1.807) is 6.07 Å². The van der Waals surface area contributed by atoms with Crippen LogP contribution >= 0.6 is 0 Å². The minimum atomic E-state index is -0.232. The lowest BCUT2D eigenvalue weighted by atomic mass is 10.2. The highest BCUT2D eigenvalue weighted by Gasteiger charge is 2.26. The van der Waals surface area contributed by atoms with Gasteiger partial charge in [0.15, 0.2) is 0 Å². The lowest BCUT2D eigenvalue weighted by molar-refractivity contribution is -0.135. The van der Waals surface area contributed by atoms with Crippen LogP contribution in [0.1, 0.15) is 25.6 Å². The molecule has 1 aromatic heterocycles. The van der Waals surface area contributed by atoms with E-state index in [0.717, 1.165) is 25.9 Å². The first-order chi connectivity index (χ1) is 11.1. The molecule has 3 rings (SSSR count). The lowest BCUT2D eigenvalue weighted by Gasteiger charge is -2.27. The number of carbonyl (C=O) groups excluding carboxylic acids is 1. The van der Waals surface area contributed by atoms with E-state index in [1.807, 2.05) is 42.0 Å². The molecule has 0 bridgehead atoms. The zero-order valence-corrected chi connectivity index (χ0v) is 13.6. The summed E-state index contributed by atoms with van der Waals surface area (Å²) in [4.78, 5) is 35.7. The molecule has 2 aromatic rings. The van der Waals surface area contributed by atoms with Gasteiger partial charge in [-0.05, 0) is 38.9 Å². The van der Waals surface area contributed by atoms with Crippen LogP contribution in [0.4, 0.5) is 0 Å². The normalized spacial score (nSPS) is 16.2. The first-order valence-electron chi connectivity index (χ1n) is 8.03. The minimum Gasteiger partial charge on any atom is -0.341 e. The van der Waals surface area contributed by atoms with Crippen LogP contribution in [-0.2, 0) is 11.3 Å². The maximum atomic E-state index is 12.4. The van der Waals surface area contributed by atoms with E-state index in [9.17, 15) is 9.59 Å². The van der Waals surface area contributed by atoms with Crippen molar-refractivity contribution in [3.05, 3.63) is 40.4 Å². The van der Waals surface area contributed by atoms with Gasteiger partial charge >= 0.3 is 0 Å². The van der Waals surface area contributed by atoms with Crippen molar-refractivity contribution in [1.29, 1.82) is 0 Å². The molecule has 0 radical (unpaired) electrons. The smallest absolute Gasteiger partial charge is 0.258 e. The van der Waals surface area contributed by atoms with E-state index < -0.39 is 0 Å². The summed E-state index contributed by atoms with van der Waals surface area (Å²) in [5.74, 6) is 0.727. The Hall–Kier alpha value is -2.21. The number of fused-ring (bicyclic) bond motifs is 1. The molecule has 1 atom stereocenters. The van der Waals surface area contributed by atoms with Gasteiger partial charge in [0.05, 0.1) is 23.5 Å². The topological polar surface area (TPSA) is 69.3 Å². The molecule has 2 heterocycles. The van der Waals surface area contributed by atoms with E-state index >= 15 is 0 Å². The number of para-hydroxylation sites is 1. The fraction of sp³-hybridized carbons (Fsp3) is 0.471. The van der Waals surface area contributed by atoms with Gasteiger partial charge in [-0.15, -0.1) is 0 Å². The number of rotatable bonds is 4. The van der Waals surface area contributed by atoms with Gasteiger partial charge in [-0.2, -0.15) is 0 Å². The largest absolute Gasteiger partial charge is 0.341 e. The van der Waals surface area contributed by atoms with Crippen molar-refractivity contribution >= 4 is 16.8 Å². The van der Waals surface area contributed by atoms with Crippen molar-refractivity contribution in [3.8, 4) is 0 Å². The van der Waals surface area contributed by atoms with Crippen molar-refractivity contribution in [2.24, 2.45) is 0 Å². The van der Waals surface area contributed by atoms with E-state index in [2.05, 4.69) is 9.97 Å². The minimum absolute atomic E-state index is 0.141. The molecule has 6 nitrogen and oxygen atoms in total. The summed E-state index contributed by atoms with van der Waals surface area (Å²) >= 11 is 0. The Morgan fingerprint density at radius 1 is 1.35 bits per heavy atom. The molecule has 1 fully saturated rings. The molecule has 1 unspecified atom stereocenters. The van der Waals surface area contributed by atoms with E-state index in [-0.39, 0.29) is 17.5 Å². The number of hydrogen-bond donors (Lipinski definition) is 1. The standard InChI is InChI=1S/C17H22N4O2/c1-12(17(23)21-9-5-6-10-21)20(2)11-15-18-14-8-4-3-7-13(14)16(22)19-15/h3-4,7-8,12H,5-6,9-11H2,1-2H3,(H,18,19,22). The number of hydrogen-bond acceptors (Lipinski definition) is 4. The maximum absolute atomic E-state index is 12.4. The molecule has 0 spiro atoms. The molecule has 1 aromatic carbocycles. The molecule has 23 heavy (non-hydrogen) atoms. The molecule has 1 saturated heterocycles. The number of H-pyrrole nitrogens is 1. The predicted octanol–water partition coefficient (Wildman–Crippen LogP) is 1.37. The summed E-state index contributed by atoms with van der Waals surface area (Å²) in [6.07, 6.45) is 2.17. The third-order valence-corrected chi connectivity index (χ3v) is 4.50. The zero-order valence-electron chi connectivity index (χ0n) is 13.6. The summed E-state index contributed by atoms with van der Waals surface area (Å²) in [6.45, 7) is 4.03. The monoisotopic (exact) mass is 314 g/mol. The second-order valence-electron chi connectivity index (χ2n) is 6.15. The van der Waals surface area contributed by atoms with Gasteiger partial charge in [0, 0.05) is 13.1 Å². The van der Waals surface area contributed by atoms with Crippen LogP contribution in [0.3, 0.4) is 0 Å². The van der Waals surface area contributed by atoms with E-state index in [4.69, 9.17) is 0 Å². The highest BCUT2D eigenvalue weighted by atomic mass is 16.2. The van der Waals surface area contributed by atoms with Crippen LogP contribution in [-0.4, -0.2) is 51.9 Å². The summed E-state index contributed by atoms with van der Waals surface area (Å²) < 4.78 is 0. The van der Waals surface area contributed by atoms with Crippen molar-refractivity contribution < 1.29 is 4.79 Å². The van der Waals surface area contributed by atoms with Crippen molar-refractivity contribution in [1.82, 2.24) is 19.8 Å². The van der Waals surface area contributed by atoms with E-state index in [0.29, 0.717) is 23.3 Å². The summed E-state index contributed by atoms with van der Waals surface area (Å²) in [5, 5.41) is 0.583. The van der Waals surface area contributed by atoms with Crippen LogP contribution in [0.15, 0.2) is 29.1 Å². The van der Waals surface area contributed by atoms with Crippen molar-refractivity contribution in [2.75, 3.05) is 20.1 Å². The van der Waals surface area contributed by atoms with E-state index in [1.165, 1.54) is 0 Å². The van der Waals surface area contributed by atoms with Crippen LogP contribution < -0.4 is 5.56 Å². The fourth-order valence-corrected chi connectivity index (χ4v) is 2.97. The van der Waals surface area contributed by atoms with Crippen molar-refractivity contribution in [3.63, 3.8) is 0 Å². The summed E-state index contributed by atoms with van der Waals surface area (Å²) in [7, 11) is 1.88. The molecule has 0 aliphatic carbocycles. The van der Waals surface area contributed by atoms with Gasteiger partial charge in [-0.1, -0.05) is 12.1 Å². The number of carbonyl (C=O) groups is 1. The number of aromatic nitrogens is 2. The number of aromatic amines is 1. The van der Waals surface area contributed by atoms with Crippen LogP contribution in [0, 0.1) is 0 Å². The Labute approximate surface area is 135 Å². The Morgan fingerprint density at radius 2 is 2.04 bits per heavy atom. The molecule has 1 amide bonds. The lowest BCUT2D eigenvalue weighted by Crippen LogP contribution is -2.44. The molecule has 0 saturated carbocycles. The van der Waals surface area contributed by atoms with Crippen LogP contribution in [0.5, 0.6) is 0 Å². The average molecular weight is 314 g/mol. The SMILES string of the molecule is CC(C(=O)N1CCCC1)N(C)Cc1nc2ccccc2c(=O)[nH]1. The third-order valence-electron chi connectivity index (χ3n) is 4.50. The second kappa shape index (κ2) is 6.50. The van der Waals surface area contributed by atoms with Gasteiger partial charge in [-0.25, -0.2) is 4.98 Å². The Bertz CT molecular complexity index is 765. The molecular formula is C17H22N4O2. The number of nitrogens with one attached hydrogen (secondary N) is 1. The van der Waals surface area contributed by atoms with Crippen LogP contribution in [0.25, 0.3) is 10.9 Å². The number of likely N-dealkylation sites (tertiary alicyclic amines) is 1. The maximum Gasteiger partial charge on any atom is 0.258 e. The average Bonchev–Trinajstić information content (AvgIpc) is 3.08.